The molecule has 0 aliphatic carbocycles. The van der Waals surface area contributed by atoms with Gasteiger partial charge in [-0.15, -0.1) is 11.6 Å². The van der Waals surface area contributed by atoms with Crippen molar-refractivity contribution in [1.82, 2.24) is 0 Å². The summed E-state index contributed by atoms with van der Waals surface area (Å²) in [7, 11) is 0. The molecule has 1 nitrogen and oxygen atoms in total. The normalized spacial score (nSPS) is 9.28. The van der Waals surface area contributed by atoms with E-state index in [2.05, 4.69) is 55.5 Å². The van der Waals surface area contributed by atoms with Gasteiger partial charge in [-0.3, -0.25) is 4.79 Å². The monoisotopic (exact) mass is 280 g/mol. The van der Waals surface area contributed by atoms with Gasteiger partial charge in [-0.25, -0.2) is 0 Å². The molecule has 0 saturated carbocycles. The van der Waals surface area contributed by atoms with E-state index in [1.807, 2.05) is 6.07 Å². The van der Waals surface area contributed by atoms with Crippen molar-refractivity contribution in [3.8, 4) is 11.1 Å². The molecule has 3 heteroatoms. The molecular formula is C15H14Cl2O. The van der Waals surface area contributed by atoms with E-state index in [0.29, 0.717) is 0 Å². The molecule has 94 valence electrons. The first kappa shape index (κ1) is 14.7. The molecule has 0 amide bonds. The summed E-state index contributed by atoms with van der Waals surface area (Å²) >= 11 is 9.55. The van der Waals surface area contributed by atoms with Gasteiger partial charge in [0.25, 0.3) is 0 Å². The standard InChI is InChI=1S/C13H12.C2H2Cl2O/c1-11-7-5-6-10-13(11)12-8-3-2-4-9-12;3-1-2(4)5/h2-10H,1H3;1H2. The number of alkyl halides is 1. The summed E-state index contributed by atoms with van der Waals surface area (Å²) in [6, 6.07) is 18.9. The molecule has 2 rings (SSSR count). The third kappa shape index (κ3) is 4.91. The molecule has 0 spiro atoms. The zero-order valence-electron chi connectivity index (χ0n) is 10.1. The summed E-state index contributed by atoms with van der Waals surface area (Å²) in [5.41, 5.74) is 3.94. The first-order valence-electron chi connectivity index (χ1n) is 5.50. The number of hydrogen-bond acceptors (Lipinski definition) is 1. The van der Waals surface area contributed by atoms with E-state index in [1.54, 1.807) is 0 Å². The van der Waals surface area contributed by atoms with Crippen molar-refractivity contribution < 1.29 is 4.79 Å². The zero-order valence-corrected chi connectivity index (χ0v) is 11.6. The molecule has 0 atom stereocenters. The Kier molecular flexibility index (Phi) is 6.48. The lowest BCUT2D eigenvalue weighted by molar-refractivity contribution is -0.109. The highest BCUT2D eigenvalue weighted by Gasteiger charge is 1.97. The van der Waals surface area contributed by atoms with Gasteiger partial charge in [0, 0.05) is 0 Å². The number of aryl methyl sites for hydroxylation is 1. The first-order chi connectivity index (χ1) is 8.65. The minimum atomic E-state index is -0.508. The van der Waals surface area contributed by atoms with Crippen LogP contribution in [0.25, 0.3) is 11.1 Å². The molecule has 2 aromatic carbocycles. The van der Waals surface area contributed by atoms with E-state index in [4.69, 9.17) is 23.2 Å². The Morgan fingerprint density at radius 2 is 1.50 bits per heavy atom. The maximum absolute atomic E-state index is 9.45. The number of carbonyl (C=O) groups is 1. The van der Waals surface area contributed by atoms with Gasteiger partial charge in [-0.2, -0.15) is 0 Å². The Labute approximate surface area is 117 Å². The maximum atomic E-state index is 9.45. The second-order valence-corrected chi connectivity index (χ2v) is 4.36. The van der Waals surface area contributed by atoms with Crippen LogP contribution in [0.4, 0.5) is 0 Å². The summed E-state index contributed by atoms with van der Waals surface area (Å²) in [6.07, 6.45) is 0. The Bertz CT molecular complexity index is 495. The SMILES string of the molecule is Cc1ccccc1-c1ccccc1.O=C(Cl)CCl. The summed E-state index contributed by atoms with van der Waals surface area (Å²) in [6.45, 7) is 2.14. The van der Waals surface area contributed by atoms with E-state index >= 15 is 0 Å². The molecule has 0 saturated heterocycles. The molecule has 18 heavy (non-hydrogen) atoms. The first-order valence-corrected chi connectivity index (χ1v) is 6.41. The van der Waals surface area contributed by atoms with Gasteiger partial charge in [-0.05, 0) is 35.2 Å². The van der Waals surface area contributed by atoms with Crippen molar-refractivity contribution in [2.45, 2.75) is 6.92 Å². The molecular weight excluding hydrogens is 267 g/mol. The van der Waals surface area contributed by atoms with Gasteiger partial charge >= 0.3 is 0 Å². The van der Waals surface area contributed by atoms with Crippen molar-refractivity contribution >= 4 is 28.4 Å². The Morgan fingerprint density at radius 3 is 2.00 bits per heavy atom. The van der Waals surface area contributed by atoms with Crippen LogP contribution in [0.3, 0.4) is 0 Å². The number of rotatable bonds is 2. The fraction of sp³-hybridized carbons (Fsp3) is 0.133. The van der Waals surface area contributed by atoms with Crippen LogP contribution in [0.2, 0.25) is 0 Å². The highest BCUT2D eigenvalue weighted by molar-refractivity contribution is 6.67. The maximum Gasteiger partial charge on any atom is 0.236 e. The summed E-state index contributed by atoms with van der Waals surface area (Å²) in [5, 5.41) is -0.508. The largest absolute Gasteiger partial charge is 0.280 e. The van der Waals surface area contributed by atoms with E-state index < -0.39 is 5.24 Å². The fourth-order valence-electron chi connectivity index (χ4n) is 1.51. The Morgan fingerprint density at radius 1 is 1.00 bits per heavy atom. The van der Waals surface area contributed by atoms with Gasteiger partial charge < -0.3 is 0 Å². The van der Waals surface area contributed by atoms with Gasteiger partial charge in [0.05, 0.1) is 5.88 Å². The van der Waals surface area contributed by atoms with E-state index in [1.165, 1.54) is 16.7 Å². The van der Waals surface area contributed by atoms with Crippen LogP contribution in [0.1, 0.15) is 5.56 Å². The highest BCUT2D eigenvalue weighted by atomic mass is 35.5. The van der Waals surface area contributed by atoms with Crippen LogP contribution in [-0.2, 0) is 4.79 Å². The topological polar surface area (TPSA) is 17.1 Å². The van der Waals surface area contributed by atoms with E-state index in [9.17, 15) is 4.79 Å². The molecule has 0 heterocycles. The van der Waals surface area contributed by atoms with Crippen LogP contribution in [0.5, 0.6) is 0 Å². The van der Waals surface area contributed by atoms with Crippen LogP contribution in [0, 0.1) is 6.92 Å². The van der Waals surface area contributed by atoms with Crippen molar-refractivity contribution in [2.75, 3.05) is 5.88 Å². The smallest absolute Gasteiger partial charge is 0.236 e. The van der Waals surface area contributed by atoms with Crippen molar-refractivity contribution in [3.63, 3.8) is 0 Å². The number of carbonyl (C=O) groups excluding carboxylic acids is 1. The molecule has 0 aliphatic rings. The van der Waals surface area contributed by atoms with Gasteiger partial charge in [0.15, 0.2) is 0 Å². The fourth-order valence-corrected chi connectivity index (χ4v) is 1.51. The average Bonchev–Trinajstić information content (AvgIpc) is 2.41. The minimum absolute atomic E-state index is 0.0957. The van der Waals surface area contributed by atoms with Crippen molar-refractivity contribution in [2.24, 2.45) is 0 Å². The lowest BCUT2D eigenvalue weighted by Crippen LogP contribution is -1.81. The molecule has 0 N–H and O–H groups in total. The third-order valence-corrected chi connectivity index (χ3v) is 2.85. The molecule has 0 bridgehead atoms. The van der Waals surface area contributed by atoms with E-state index in [0.717, 1.165) is 0 Å². The van der Waals surface area contributed by atoms with Gasteiger partial charge in [0.2, 0.25) is 5.24 Å². The molecule has 0 fully saturated rings. The molecule has 0 unspecified atom stereocenters. The molecule has 2 aromatic rings. The lowest BCUT2D eigenvalue weighted by Gasteiger charge is -2.04. The number of halogens is 2. The molecule has 0 radical (unpaired) electrons. The van der Waals surface area contributed by atoms with Crippen LogP contribution < -0.4 is 0 Å². The zero-order chi connectivity index (χ0) is 13.4. The summed E-state index contributed by atoms with van der Waals surface area (Å²) < 4.78 is 0. The third-order valence-electron chi connectivity index (χ3n) is 2.33. The number of benzene rings is 2. The van der Waals surface area contributed by atoms with E-state index in [-0.39, 0.29) is 5.88 Å². The lowest BCUT2D eigenvalue weighted by atomic mass is 10.0. The highest BCUT2D eigenvalue weighted by Crippen LogP contribution is 2.21. The minimum Gasteiger partial charge on any atom is -0.280 e. The predicted molar refractivity (Wildman–Crippen MR) is 78.2 cm³/mol. The molecule has 0 aliphatic heterocycles. The van der Waals surface area contributed by atoms with Gasteiger partial charge in [0.1, 0.15) is 0 Å². The Hall–Kier alpha value is -1.31. The van der Waals surface area contributed by atoms with Gasteiger partial charge in [-0.1, -0.05) is 54.6 Å². The quantitative estimate of drug-likeness (QED) is 0.578. The second-order valence-electron chi connectivity index (χ2n) is 3.67. The van der Waals surface area contributed by atoms with Crippen molar-refractivity contribution in [3.05, 3.63) is 60.2 Å². The average molecular weight is 281 g/mol. The van der Waals surface area contributed by atoms with Crippen molar-refractivity contribution in [1.29, 1.82) is 0 Å². The van der Waals surface area contributed by atoms with Crippen LogP contribution in [0.15, 0.2) is 54.6 Å². The second kappa shape index (κ2) is 7.91. The predicted octanol–water partition coefficient (Wildman–Crippen LogP) is 4.65. The summed E-state index contributed by atoms with van der Waals surface area (Å²) in [4.78, 5) is 9.45. The number of hydrogen-bond donors (Lipinski definition) is 0. The summed E-state index contributed by atoms with van der Waals surface area (Å²) in [5.74, 6) is -0.0957. The van der Waals surface area contributed by atoms with Crippen LogP contribution >= 0.6 is 23.2 Å². The van der Waals surface area contributed by atoms with Crippen LogP contribution in [-0.4, -0.2) is 11.1 Å². The molecule has 0 aromatic heterocycles. The Balaban J connectivity index is 0.000000280.